The highest BCUT2D eigenvalue weighted by Gasteiger charge is 2.30. The highest BCUT2D eigenvalue weighted by molar-refractivity contribution is 7.18. The second-order valence-corrected chi connectivity index (χ2v) is 9.27. The number of aromatic amines is 1. The summed E-state index contributed by atoms with van der Waals surface area (Å²) in [7, 11) is 0. The minimum Gasteiger partial charge on any atom is -0.358 e. The number of halogens is 3. The van der Waals surface area contributed by atoms with Gasteiger partial charge in [-0.25, -0.2) is 0 Å². The van der Waals surface area contributed by atoms with Gasteiger partial charge in [-0.3, -0.25) is 5.10 Å². The van der Waals surface area contributed by atoms with Crippen LogP contribution < -0.4 is 10.6 Å². The lowest BCUT2D eigenvalue weighted by Gasteiger charge is -2.22. The molecule has 0 bridgehead atoms. The van der Waals surface area contributed by atoms with Crippen LogP contribution in [0.3, 0.4) is 0 Å². The Bertz CT molecular complexity index is 1230. The molecule has 2 heterocycles. The van der Waals surface area contributed by atoms with E-state index in [4.69, 9.17) is 0 Å². The van der Waals surface area contributed by atoms with E-state index < -0.39 is 11.7 Å². The molecule has 1 atom stereocenters. The van der Waals surface area contributed by atoms with Crippen LogP contribution in [0.5, 0.6) is 0 Å². The Morgan fingerprint density at radius 1 is 1.09 bits per heavy atom. The number of fused-ring (bicyclic) bond motifs is 1. The SMILES string of the molecule is Cc1[nH]nc2ccc(-c3nnc(NCC(Cc4cccc(C(F)(F)F)c4)NC(C)C)s3)cc12. The minimum absolute atomic E-state index is 0.0780. The molecule has 0 aliphatic rings. The van der Waals surface area contributed by atoms with E-state index in [1.165, 1.54) is 23.5 Å². The molecule has 3 N–H and O–H groups in total. The van der Waals surface area contributed by atoms with Crippen LogP contribution in [0.4, 0.5) is 18.3 Å². The maximum atomic E-state index is 13.1. The van der Waals surface area contributed by atoms with Gasteiger partial charge >= 0.3 is 6.18 Å². The number of aromatic nitrogens is 4. The smallest absolute Gasteiger partial charge is 0.358 e. The summed E-state index contributed by atoms with van der Waals surface area (Å²) in [6.07, 6.45) is -3.90. The first-order valence-corrected chi connectivity index (χ1v) is 11.5. The average molecular weight is 475 g/mol. The molecule has 0 fully saturated rings. The maximum Gasteiger partial charge on any atom is 0.416 e. The predicted octanol–water partition coefficient (Wildman–Crippen LogP) is 5.43. The number of alkyl halides is 3. The molecule has 0 radical (unpaired) electrons. The molecule has 0 aliphatic heterocycles. The van der Waals surface area contributed by atoms with E-state index >= 15 is 0 Å². The number of nitrogens with zero attached hydrogens (tertiary/aromatic N) is 3. The van der Waals surface area contributed by atoms with Crippen molar-refractivity contribution in [2.24, 2.45) is 0 Å². The number of rotatable bonds is 8. The van der Waals surface area contributed by atoms with E-state index in [9.17, 15) is 13.2 Å². The van der Waals surface area contributed by atoms with Gasteiger partial charge in [0, 0.05) is 35.3 Å². The molecule has 2 aromatic carbocycles. The van der Waals surface area contributed by atoms with Gasteiger partial charge in [0.05, 0.1) is 11.1 Å². The van der Waals surface area contributed by atoms with Crippen LogP contribution in [0, 0.1) is 6.92 Å². The van der Waals surface area contributed by atoms with Crippen LogP contribution in [0.25, 0.3) is 21.5 Å². The van der Waals surface area contributed by atoms with Crippen LogP contribution in [-0.4, -0.2) is 39.0 Å². The number of aryl methyl sites for hydroxylation is 1. The van der Waals surface area contributed by atoms with Gasteiger partial charge in [0.15, 0.2) is 0 Å². The van der Waals surface area contributed by atoms with Crippen LogP contribution in [0.2, 0.25) is 0 Å². The highest BCUT2D eigenvalue weighted by atomic mass is 32.1. The first kappa shape index (κ1) is 23.2. The van der Waals surface area contributed by atoms with E-state index in [1.54, 1.807) is 6.07 Å². The zero-order chi connectivity index (χ0) is 23.6. The van der Waals surface area contributed by atoms with E-state index in [-0.39, 0.29) is 12.1 Å². The zero-order valence-electron chi connectivity index (χ0n) is 18.5. The molecule has 0 saturated heterocycles. The lowest BCUT2D eigenvalue weighted by atomic mass is 10.0. The lowest BCUT2D eigenvalue weighted by molar-refractivity contribution is -0.137. The number of hydrogen-bond donors (Lipinski definition) is 3. The minimum atomic E-state index is -4.35. The fraction of sp³-hybridized carbons (Fsp3) is 0.348. The summed E-state index contributed by atoms with van der Waals surface area (Å²) in [5.41, 5.74) is 2.85. The van der Waals surface area contributed by atoms with Crippen molar-refractivity contribution in [2.45, 2.75) is 45.5 Å². The fourth-order valence-corrected chi connectivity index (χ4v) is 4.46. The second kappa shape index (κ2) is 9.48. The van der Waals surface area contributed by atoms with Gasteiger partial charge < -0.3 is 10.6 Å². The van der Waals surface area contributed by atoms with Crippen LogP contribution in [-0.2, 0) is 12.6 Å². The number of hydrogen-bond acceptors (Lipinski definition) is 6. The van der Waals surface area contributed by atoms with Crippen LogP contribution >= 0.6 is 11.3 Å². The Morgan fingerprint density at radius 3 is 2.67 bits per heavy atom. The van der Waals surface area contributed by atoms with Crippen molar-refractivity contribution < 1.29 is 13.2 Å². The zero-order valence-corrected chi connectivity index (χ0v) is 19.3. The summed E-state index contributed by atoms with van der Waals surface area (Å²) in [4.78, 5) is 0. The van der Waals surface area contributed by atoms with Crippen molar-refractivity contribution >= 4 is 27.4 Å². The molecule has 0 saturated carbocycles. The Kier molecular flexibility index (Phi) is 6.66. The van der Waals surface area contributed by atoms with Gasteiger partial charge in [-0.2, -0.15) is 18.3 Å². The Morgan fingerprint density at radius 2 is 1.91 bits per heavy atom. The van der Waals surface area contributed by atoms with Crippen molar-refractivity contribution in [3.8, 4) is 10.6 Å². The monoisotopic (exact) mass is 474 g/mol. The fourth-order valence-electron chi connectivity index (χ4n) is 3.71. The van der Waals surface area contributed by atoms with Gasteiger partial charge in [-0.05, 0) is 43.2 Å². The summed E-state index contributed by atoms with van der Waals surface area (Å²) >= 11 is 1.44. The van der Waals surface area contributed by atoms with E-state index in [2.05, 4.69) is 31.0 Å². The van der Waals surface area contributed by atoms with Crippen molar-refractivity contribution in [1.82, 2.24) is 25.7 Å². The van der Waals surface area contributed by atoms with Crippen molar-refractivity contribution in [1.29, 1.82) is 0 Å². The summed E-state index contributed by atoms with van der Waals surface area (Å²) in [5.74, 6) is 0. The van der Waals surface area contributed by atoms with E-state index in [1.807, 2.05) is 39.0 Å². The van der Waals surface area contributed by atoms with Crippen LogP contribution in [0.1, 0.15) is 30.7 Å². The molecule has 10 heteroatoms. The third-order valence-corrected chi connectivity index (χ3v) is 6.15. The molecule has 4 aromatic rings. The van der Waals surface area contributed by atoms with E-state index in [0.717, 1.165) is 33.2 Å². The molecule has 0 amide bonds. The van der Waals surface area contributed by atoms with Crippen LogP contribution in [0.15, 0.2) is 42.5 Å². The molecule has 6 nitrogen and oxygen atoms in total. The largest absolute Gasteiger partial charge is 0.416 e. The van der Waals surface area contributed by atoms with E-state index in [0.29, 0.717) is 23.7 Å². The molecule has 2 aromatic heterocycles. The summed E-state index contributed by atoms with van der Waals surface area (Å²) in [5, 5.41) is 25.0. The Labute approximate surface area is 193 Å². The molecular formula is C23H25F3N6S. The Balaban J connectivity index is 1.45. The summed E-state index contributed by atoms with van der Waals surface area (Å²) < 4.78 is 39.2. The Hall–Kier alpha value is -2.98. The second-order valence-electron chi connectivity index (χ2n) is 8.29. The van der Waals surface area contributed by atoms with Gasteiger partial charge in [-0.15, -0.1) is 10.2 Å². The first-order valence-electron chi connectivity index (χ1n) is 10.6. The molecule has 1 unspecified atom stereocenters. The first-order chi connectivity index (χ1) is 15.7. The number of H-pyrrole nitrogens is 1. The molecular weight excluding hydrogens is 449 g/mol. The summed E-state index contributed by atoms with van der Waals surface area (Å²) in [6.45, 7) is 6.49. The maximum absolute atomic E-state index is 13.1. The van der Waals surface area contributed by atoms with Gasteiger partial charge in [0.25, 0.3) is 0 Å². The standard InChI is InChI=1S/C23H25F3N6S/c1-13(2)28-18(10-15-5-4-6-17(9-15)23(24,25)26)12-27-22-32-31-21(33-22)16-7-8-20-19(11-16)14(3)29-30-20/h4-9,11,13,18,28H,10,12H2,1-3H3,(H,27,32)(H,29,30). The lowest BCUT2D eigenvalue weighted by Crippen LogP contribution is -2.41. The third kappa shape index (κ3) is 5.69. The van der Waals surface area contributed by atoms with Crippen molar-refractivity contribution in [3.63, 3.8) is 0 Å². The highest BCUT2D eigenvalue weighted by Crippen LogP contribution is 2.31. The number of anilines is 1. The van der Waals surface area contributed by atoms with Crippen molar-refractivity contribution in [3.05, 3.63) is 59.3 Å². The normalized spacial score (nSPS) is 13.1. The third-order valence-electron chi connectivity index (χ3n) is 5.22. The molecule has 33 heavy (non-hydrogen) atoms. The average Bonchev–Trinajstić information content (AvgIpc) is 3.38. The predicted molar refractivity (Wildman–Crippen MR) is 125 cm³/mol. The molecule has 174 valence electrons. The van der Waals surface area contributed by atoms with Crippen molar-refractivity contribution in [2.75, 3.05) is 11.9 Å². The quantitative estimate of drug-likeness (QED) is 0.317. The topological polar surface area (TPSA) is 78.5 Å². The van der Waals surface area contributed by atoms with Gasteiger partial charge in [0.1, 0.15) is 5.01 Å². The summed E-state index contributed by atoms with van der Waals surface area (Å²) in [6, 6.07) is 11.5. The number of nitrogens with one attached hydrogen (secondary N) is 3. The van der Waals surface area contributed by atoms with Gasteiger partial charge in [0.2, 0.25) is 5.13 Å². The molecule has 4 rings (SSSR count). The molecule has 0 spiro atoms. The van der Waals surface area contributed by atoms with Gasteiger partial charge in [-0.1, -0.05) is 43.4 Å². The number of benzene rings is 2. The molecule has 0 aliphatic carbocycles.